The molecule has 0 bridgehead atoms. The Hall–Kier alpha value is -1.51. The minimum absolute atomic E-state index is 0.156. The van der Waals surface area contributed by atoms with Gasteiger partial charge in [0.2, 0.25) is 5.91 Å². The van der Waals surface area contributed by atoms with Gasteiger partial charge in [0.1, 0.15) is 0 Å². The molecule has 1 aromatic carbocycles. The molecule has 1 amide bonds. The number of carbonyl (C=O) groups excluding carboxylic acids is 1. The van der Waals surface area contributed by atoms with Gasteiger partial charge in [0.05, 0.1) is 23.5 Å². The quantitative estimate of drug-likeness (QED) is 0.905. The molecule has 1 heterocycles. The minimum atomic E-state index is -0.345. The number of carbonyl (C=O) groups is 1. The van der Waals surface area contributed by atoms with E-state index >= 15 is 0 Å². The van der Waals surface area contributed by atoms with Crippen molar-refractivity contribution in [1.29, 1.82) is 5.26 Å². The Morgan fingerprint density at radius 1 is 1.50 bits per heavy atom. The van der Waals surface area contributed by atoms with Crippen LogP contribution in [-0.2, 0) is 10.5 Å². The summed E-state index contributed by atoms with van der Waals surface area (Å²) in [5.74, 6) is 1.60. The third-order valence-corrected chi connectivity index (χ3v) is 5.06. The first-order valence-electron chi connectivity index (χ1n) is 7.62. The van der Waals surface area contributed by atoms with Crippen molar-refractivity contribution in [1.82, 2.24) is 4.90 Å². The summed E-state index contributed by atoms with van der Waals surface area (Å²) in [4.78, 5) is 14.1. The smallest absolute Gasteiger partial charge is 0.232 e. The second-order valence-electron chi connectivity index (χ2n) is 5.78. The highest BCUT2D eigenvalue weighted by molar-refractivity contribution is 7.99. The lowest BCUT2D eigenvalue weighted by molar-refractivity contribution is -0.130. The Kier molecular flexibility index (Phi) is 6.29. The van der Waals surface area contributed by atoms with E-state index in [0.29, 0.717) is 17.9 Å². The van der Waals surface area contributed by atoms with Crippen molar-refractivity contribution in [3.63, 3.8) is 0 Å². The van der Waals surface area contributed by atoms with Crippen molar-refractivity contribution in [3.05, 3.63) is 35.4 Å². The van der Waals surface area contributed by atoms with Gasteiger partial charge in [0.15, 0.2) is 0 Å². The molecule has 22 heavy (non-hydrogen) atoms. The molecule has 1 aliphatic rings. The summed E-state index contributed by atoms with van der Waals surface area (Å²) in [5.41, 5.74) is 1.78. The van der Waals surface area contributed by atoms with Gasteiger partial charge >= 0.3 is 0 Å². The molecule has 1 saturated heterocycles. The maximum absolute atomic E-state index is 12.2. The standard InChI is InChI=1S/C17H22N2O2S/c1-13(20)16-3-2-8-19(10-16)17(21)12-22-11-15-6-4-14(9-18)5-7-15/h4-7,13,16,20H,2-3,8,10-12H2,1H3. The van der Waals surface area contributed by atoms with Gasteiger partial charge in [-0.25, -0.2) is 0 Å². The Morgan fingerprint density at radius 3 is 2.86 bits per heavy atom. The molecule has 2 rings (SSSR count). The number of likely N-dealkylation sites (tertiary alicyclic amines) is 1. The summed E-state index contributed by atoms with van der Waals surface area (Å²) in [6, 6.07) is 9.56. The second-order valence-corrected chi connectivity index (χ2v) is 6.77. The number of hydrogen-bond donors (Lipinski definition) is 1. The number of nitriles is 1. The van der Waals surface area contributed by atoms with Gasteiger partial charge in [-0.2, -0.15) is 5.26 Å². The molecule has 0 saturated carbocycles. The average Bonchev–Trinajstić information content (AvgIpc) is 2.55. The van der Waals surface area contributed by atoms with Crippen LogP contribution in [0.4, 0.5) is 0 Å². The van der Waals surface area contributed by atoms with E-state index in [9.17, 15) is 9.90 Å². The molecular formula is C17H22N2O2S. The van der Waals surface area contributed by atoms with Gasteiger partial charge in [-0.05, 0) is 37.5 Å². The fourth-order valence-electron chi connectivity index (χ4n) is 2.65. The summed E-state index contributed by atoms with van der Waals surface area (Å²) >= 11 is 1.59. The molecule has 5 heteroatoms. The van der Waals surface area contributed by atoms with E-state index in [1.807, 2.05) is 17.0 Å². The first-order chi connectivity index (χ1) is 10.6. The van der Waals surface area contributed by atoms with Crippen molar-refractivity contribution < 1.29 is 9.90 Å². The van der Waals surface area contributed by atoms with Gasteiger partial charge in [-0.15, -0.1) is 11.8 Å². The summed E-state index contributed by atoms with van der Waals surface area (Å²) in [5, 5.41) is 18.4. The van der Waals surface area contributed by atoms with Crippen LogP contribution in [-0.4, -0.2) is 40.9 Å². The number of thioether (sulfide) groups is 1. The molecule has 118 valence electrons. The van der Waals surface area contributed by atoms with E-state index in [1.54, 1.807) is 30.8 Å². The molecule has 2 unspecified atom stereocenters. The van der Waals surface area contributed by atoms with Crippen LogP contribution in [0.25, 0.3) is 0 Å². The second kappa shape index (κ2) is 8.21. The van der Waals surface area contributed by atoms with Gasteiger partial charge in [0.25, 0.3) is 0 Å². The molecule has 4 nitrogen and oxygen atoms in total. The predicted octanol–water partition coefficient (Wildman–Crippen LogP) is 2.41. The number of hydrogen-bond acceptors (Lipinski definition) is 4. The average molecular weight is 318 g/mol. The Morgan fingerprint density at radius 2 is 2.23 bits per heavy atom. The first-order valence-corrected chi connectivity index (χ1v) is 8.78. The van der Waals surface area contributed by atoms with Crippen LogP contribution in [0.5, 0.6) is 0 Å². The lowest BCUT2D eigenvalue weighted by Gasteiger charge is -2.34. The number of amides is 1. The fourth-order valence-corrected chi connectivity index (χ4v) is 3.54. The van der Waals surface area contributed by atoms with Crippen molar-refractivity contribution in [3.8, 4) is 6.07 Å². The molecular weight excluding hydrogens is 296 g/mol. The minimum Gasteiger partial charge on any atom is -0.393 e. The highest BCUT2D eigenvalue weighted by Crippen LogP contribution is 2.21. The lowest BCUT2D eigenvalue weighted by atomic mass is 9.93. The maximum Gasteiger partial charge on any atom is 0.232 e. The number of benzene rings is 1. The van der Waals surface area contributed by atoms with Crippen LogP contribution < -0.4 is 0 Å². The number of piperidine rings is 1. The van der Waals surface area contributed by atoms with E-state index in [1.165, 1.54) is 0 Å². The summed E-state index contributed by atoms with van der Waals surface area (Å²) in [6.07, 6.45) is 1.63. The van der Waals surface area contributed by atoms with Crippen molar-refractivity contribution in [2.75, 3.05) is 18.8 Å². The number of aliphatic hydroxyl groups is 1. The molecule has 1 fully saturated rings. The van der Waals surface area contributed by atoms with Gasteiger partial charge in [-0.1, -0.05) is 12.1 Å². The van der Waals surface area contributed by atoms with E-state index in [-0.39, 0.29) is 17.9 Å². The van der Waals surface area contributed by atoms with Gasteiger partial charge in [0, 0.05) is 24.8 Å². The molecule has 0 aromatic heterocycles. The highest BCUT2D eigenvalue weighted by atomic mass is 32.2. The molecule has 1 aromatic rings. The summed E-state index contributed by atoms with van der Waals surface area (Å²) in [6.45, 7) is 3.28. The normalized spacial score (nSPS) is 19.5. The molecule has 0 aliphatic carbocycles. The molecule has 0 radical (unpaired) electrons. The number of rotatable bonds is 5. The predicted molar refractivity (Wildman–Crippen MR) is 88.3 cm³/mol. The number of nitrogens with zero attached hydrogens (tertiary/aromatic N) is 2. The van der Waals surface area contributed by atoms with Crippen LogP contribution in [0.1, 0.15) is 30.9 Å². The van der Waals surface area contributed by atoms with Crippen LogP contribution in [0.2, 0.25) is 0 Å². The molecule has 0 spiro atoms. The Bertz CT molecular complexity index is 537. The van der Waals surface area contributed by atoms with E-state index < -0.39 is 0 Å². The van der Waals surface area contributed by atoms with Gasteiger partial charge < -0.3 is 10.0 Å². The van der Waals surface area contributed by atoms with Gasteiger partial charge in [-0.3, -0.25) is 4.79 Å². The topological polar surface area (TPSA) is 64.3 Å². The van der Waals surface area contributed by atoms with Crippen molar-refractivity contribution >= 4 is 17.7 Å². The largest absolute Gasteiger partial charge is 0.393 e. The maximum atomic E-state index is 12.2. The first kappa shape index (κ1) is 16.9. The van der Waals surface area contributed by atoms with Crippen LogP contribution in [0, 0.1) is 17.2 Å². The van der Waals surface area contributed by atoms with Crippen molar-refractivity contribution in [2.45, 2.75) is 31.6 Å². The van der Waals surface area contributed by atoms with E-state index in [0.717, 1.165) is 30.7 Å². The zero-order valence-electron chi connectivity index (χ0n) is 12.9. The lowest BCUT2D eigenvalue weighted by Crippen LogP contribution is -2.43. The summed E-state index contributed by atoms with van der Waals surface area (Å²) < 4.78 is 0. The van der Waals surface area contributed by atoms with Crippen LogP contribution >= 0.6 is 11.8 Å². The Balaban J connectivity index is 1.76. The molecule has 1 N–H and O–H groups in total. The zero-order chi connectivity index (χ0) is 15.9. The van der Waals surface area contributed by atoms with E-state index in [4.69, 9.17) is 5.26 Å². The molecule has 2 atom stereocenters. The Labute approximate surface area is 136 Å². The third kappa shape index (κ3) is 4.75. The summed E-state index contributed by atoms with van der Waals surface area (Å²) in [7, 11) is 0. The van der Waals surface area contributed by atoms with Crippen molar-refractivity contribution in [2.24, 2.45) is 5.92 Å². The fraction of sp³-hybridized carbons (Fsp3) is 0.529. The van der Waals surface area contributed by atoms with E-state index in [2.05, 4.69) is 6.07 Å². The van der Waals surface area contributed by atoms with Crippen LogP contribution in [0.3, 0.4) is 0 Å². The molecule has 1 aliphatic heterocycles. The zero-order valence-corrected chi connectivity index (χ0v) is 13.7. The van der Waals surface area contributed by atoms with Crippen LogP contribution in [0.15, 0.2) is 24.3 Å². The third-order valence-electron chi connectivity index (χ3n) is 4.07. The SMILES string of the molecule is CC(O)C1CCCN(C(=O)CSCc2ccc(C#N)cc2)C1. The highest BCUT2D eigenvalue weighted by Gasteiger charge is 2.26. The number of aliphatic hydroxyl groups excluding tert-OH is 1. The monoisotopic (exact) mass is 318 g/mol.